The van der Waals surface area contributed by atoms with Gasteiger partial charge in [0.05, 0.1) is 4.92 Å². The zero-order chi connectivity index (χ0) is 15.0. The van der Waals surface area contributed by atoms with Crippen LogP contribution in [0.4, 0.5) is 11.5 Å². The minimum Gasteiger partial charge on any atom is -0.480 e. The predicted octanol–water partition coefficient (Wildman–Crippen LogP) is 1.42. The molecule has 0 saturated heterocycles. The minimum atomic E-state index is -1.27. The van der Waals surface area contributed by atoms with Gasteiger partial charge in [-0.05, 0) is 27.7 Å². The molecule has 0 spiro atoms. The Morgan fingerprint density at radius 2 is 2.11 bits per heavy atom. The second-order valence-corrected chi connectivity index (χ2v) is 4.75. The van der Waals surface area contributed by atoms with Crippen LogP contribution in [-0.2, 0) is 11.3 Å². The van der Waals surface area contributed by atoms with Gasteiger partial charge in [0.2, 0.25) is 5.82 Å². The molecule has 0 amide bonds. The van der Waals surface area contributed by atoms with Crippen LogP contribution in [0, 0.1) is 17.0 Å². The van der Waals surface area contributed by atoms with Crippen molar-refractivity contribution < 1.29 is 14.8 Å². The molecule has 0 aliphatic rings. The standard InChI is InChI=1S/C11H18N4O4/c1-6-14-9(8(15(18)19)7(2)12-14)13(5)11(3,4)10(16)17/h6H2,1-5H3,(H,16,17). The first kappa shape index (κ1) is 14.9. The summed E-state index contributed by atoms with van der Waals surface area (Å²) in [4.78, 5) is 23.3. The van der Waals surface area contributed by atoms with Gasteiger partial charge < -0.3 is 10.0 Å². The van der Waals surface area contributed by atoms with Crippen molar-refractivity contribution in [1.82, 2.24) is 9.78 Å². The predicted molar refractivity (Wildman–Crippen MR) is 69.4 cm³/mol. The number of hydrogen-bond acceptors (Lipinski definition) is 5. The second kappa shape index (κ2) is 4.87. The van der Waals surface area contributed by atoms with Gasteiger partial charge in [0.1, 0.15) is 11.2 Å². The van der Waals surface area contributed by atoms with Gasteiger partial charge in [0.15, 0.2) is 0 Å². The molecule has 0 saturated carbocycles. The van der Waals surface area contributed by atoms with Crippen molar-refractivity contribution in [2.75, 3.05) is 11.9 Å². The summed E-state index contributed by atoms with van der Waals surface area (Å²) in [6, 6.07) is 0. The van der Waals surface area contributed by atoms with Crippen molar-refractivity contribution in [3.05, 3.63) is 15.8 Å². The molecule has 0 fully saturated rings. The number of aromatic nitrogens is 2. The molecule has 0 radical (unpaired) electrons. The van der Waals surface area contributed by atoms with Gasteiger partial charge in [-0.1, -0.05) is 0 Å². The SMILES string of the molecule is CCn1nc(C)c([N+](=O)[O-])c1N(C)C(C)(C)C(=O)O. The van der Waals surface area contributed by atoms with Gasteiger partial charge in [0.25, 0.3) is 0 Å². The number of aryl methyl sites for hydroxylation is 2. The summed E-state index contributed by atoms with van der Waals surface area (Å²) in [5.41, 5.74) is -1.15. The highest BCUT2D eigenvalue weighted by atomic mass is 16.6. The van der Waals surface area contributed by atoms with E-state index >= 15 is 0 Å². The zero-order valence-corrected chi connectivity index (χ0v) is 11.7. The van der Waals surface area contributed by atoms with Crippen LogP contribution in [0.2, 0.25) is 0 Å². The zero-order valence-electron chi connectivity index (χ0n) is 11.7. The molecule has 0 aliphatic heterocycles. The van der Waals surface area contributed by atoms with Crippen molar-refractivity contribution in [2.24, 2.45) is 0 Å². The van der Waals surface area contributed by atoms with Crippen LogP contribution in [0.15, 0.2) is 0 Å². The molecule has 1 N–H and O–H groups in total. The molecule has 0 bridgehead atoms. The topological polar surface area (TPSA) is 101 Å². The number of nitro groups is 1. The lowest BCUT2D eigenvalue weighted by molar-refractivity contribution is -0.384. The molecule has 1 rings (SSSR count). The first-order chi connectivity index (χ1) is 8.64. The van der Waals surface area contributed by atoms with E-state index < -0.39 is 16.4 Å². The fraction of sp³-hybridized carbons (Fsp3) is 0.636. The smallest absolute Gasteiger partial charge is 0.333 e. The maximum absolute atomic E-state index is 11.3. The average molecular weight is 270 g/mol. The summed E-state index contributed by atoms with van der Waals surface area (Å²) in [7, 11) is 1.52. The molecule has 1 heterocycles. The van der Waals surface area contributed by atoms with Crippen LogP contribution < -0.4 is 4.90 Å². The molecule has 0 aliphatic carbocycles. The fourth-order valence-electron chi connectivity index (χ4n) is 1.73. The van der Waals surface area contributed by atoms with Gasteiger partial charge >= 0.3 is 11.7 Å². The number of carboxylic acids is 1. The Kier molecular flexibility index (Phi) is 3.83. The summed E-state index contributed by atoms with van der Waals surface area (Å²) in [5, 5.41) is 24.5. The van der Waals surface area contributed by atoms with E-state index in [0.717, 1.165) is 0 Å². The third-order valence-corrected chi connectivity index (χ3v) is 3.23. The lowest BCUT2D eigenvalue weighted by Gasteiger charge is -2.32. The summed E-state index contributed by atoms with van der Waals surface area (Å²) < 4.78 is 1.44. The molecule has 8 heteroatoms. The third kappa shape index (κ3) is 2.38. The van der Waals surface area contributed by atoms with Crippen molar-refractivity contribution in [1.29, 1.82) is 0 Å². The summed E-state index contributed by atoms with van der Waals surface area (Å²) >= 11 is 0. The number of carbonyl (C=O) groups is 1. The van der Waals surface area contributed by atoms with Crippen LogP contribution in [0.3, 0.4) is 0 Å². The first-order valence-electron chi connectivity index (χ1n) is 5.83. The number of nitrogens with zero attached hydrogens (tertiary/aromatic N) is 4. The van der Waals surface area contributed by atoms with Crippen molar-refractivity contribution in [3.8, 4) is 0 Å². The molecule has 19 heavy (non-hydrogen) atoms. The number of hydrogen-bond donors (Lipinski definition) is 1. The third-order valence-electron chi connectivity index (χ3n) is 3.23. The lowest BCUT2D eigenvalue weighted by atomic mass is 10.0. The molecule has 1 aromatic heterocycles. The first-order valence-corrected chi connectivity index (χ1v) is 5.83. The number of rotatable bonds is 5. The molecule has 106 valence electrons. The van der Waals surface area contributed by atoms with Crippen LogP contribution in [0.5, 0.6) is 0 Å². The largest absolute Gasteiger partial charge is 0.480 e. The van der Waals surface area contributed by atoms with Gasteiger partial charge in [-0.25, -0.2) is 9.48 Å². The molecule has 0 atom stereocenters. The Hall–Kier alpha value is -2.12. The van der Waals surface area contributed by atoms with E-state index in [0.29, 0.717) is 6.54 Å². The molecular formula is C11H18N4O4. The van der Waals surface area contributed by atoms with E-state index in [4.69, 9.17) is 0 Å². The van der Waals surface area contributed by atoms with Gasteiger partial charge in [-0.2, -0.15) is 5.10 Å². The van der Waals surface area contributed by atoms with Crippen molar-refractivity contribution in [2.45, 2.75) is 39.8 Å². The van der Waals surface area contributed by atoms with Crippen molar-refractivity contribution in [3.63, 3.8) is 0 Å². The number of carboxylic acid groups (broad SMARTS) is 1. The Labute approximate surface area is 110 Å². The Morgan fingerprint density at radius 3 is 2.47 bits per heavy atom. The van der Waals surface area contributed by atoms with Crippen LogP contribution in [0.1, 0.15) is 26.5 Å². The quantitative estimate of drug-likeness (QED) is 0.641. The summed E-state index contributed by atoms with van der Waals surface area (Å²) in [5.74, 6) is -0.858. The van der Waals surface area contributed by atoms with Crippen LogP contribution >= 0.6 is 0 Å². The maximum Gasteiger partial charge on any atom is 0.333 e. The van der Waals surface area contributed by atoms with E-state index in [1.807, 2.05) is 0 Å². The molecule has 1 aromatic rings. The normalized spacial score (nSPS) is 11.4. The van der Waals surface area contributed by atoms with E-state index in [9.17, 15) is 20.0 Å². The second-order valence-electron chi connectivity index (χ2n) is 4.75. The Bertz CT molecular complexity index is 521. The minimum absolute atomic E-state index is 0.154. The van der Waals surface area contributed by atoms with Crippen LogP contribution in [-0.4, -0.2) is 38.4 Å². The van der Waals surface area contributed by atoms with Crippen molar-refractivity contribution >= 4 is 17.5 Å². The van der Waals surface area contributed by atoms with Gasteiger partial charge in [0, 0.05) is 13.6 Å². The maximum atomic E-state index is 11.3. The highest BCUT2D eigenvalue weighted by molar-refractivity contribution is 5.83. The molecule has 8 nitrogen and oxygen atoms in total. The Morgan fingerprint density at radius 1 is 1.58 bits per heavy atom. The number of anilines is 1. The average Bonchev–Trinajstić information content (AvgIpc) is 2.64. The lowest BCUT2D eigenvalue weighted by Crippen LogP contribution is -2.49. The van der Waals surface area contributed by atoms with E-state index in [-0.39, 0.29) is 17.2 Å². The van der Waals surface area contributed by atoms with Crippen LogP contribution in [0.25, 0.3) is 0 Å². The summed E-state index contributed by atoms with van der Waals surface area (Å²) in [6.07, 6.45) is 0. The monoisotopic (exact) mass is 270 g/mol. The van der Waals surface area contributed by atoms with E-state index in [1.54, 1.807) is 6.92 Å². The highest BCUT2D eigenvalue weighted by Gasteiger charge is 2.39. The highest BCUT2D eigenvalue weighted by Crippen LogP contribution is 2.34. The fourth-order valence-corrected chi connectivity index (χ4v) is 1.73. The Balaban J connectivity index is 3.48. The molecular weight excluding hydrogens is 252 g/mol. The molecule has 0 aromatic carbocycles. The summed E-state index contributed by atoms with van der Waals surface area (Å²) in [6.45, 7) is 6.73. The molecule has 0 unspecified atom stereocenters. The van der Waals surface area contributed by atoms with Gasteiger partial charge in [-0.15, -0.1) is 0 Å². The number of aliphatic carboxylic acids is 1. The van der Waals surface area contributed by atoms with E-state index in [1.165, 1.54) is 37.4 Å². The number of likely N-dealkylation sites (N-methyl/N-ethyl adjacent to an activating group) is 1. The van der Waals surface area contributed by atoms with E-state index in [2.05, 4.69) is 5.10 Å². The van der Waals surface area contributed by atoms with Gasteiger partial charge in [-0.3, -0.25) is 10.1 Å².